The van der Waals surface area contributed by atoms with Crippen LogP contribution >= 0.6 is 0 Å². The molecule has 12 heteroatoms. The van der Waals surface area contributed by atoms with Gasteiger partial charge in [0.05, 0.1) is 25.9 Å². The zero-order valence-electron chi connectivity index (χ0n) is 33.2. The molecule has 0 aromatic carbocycles. The number of aromatic nitrogens is 4. The molecule has 0 aliphatic heterocycles. The average Bonchev–Trinajstić information content (AvgIpc) is 3.12. The van der Waals surface area contributed by atoms with Gasteiger partial charge in [0.25, 0.3) is 0 Å². The summed E-state index contributed by atoms with van der Waals surface area (Å²) in [6.45, 7) is 10.6. The van der Waals surface area contributed by atoms with Crippen molar-refractivity contribution in [3.05, 3.63) is 83.6 Å². The molecule has 1 unspecified atom stereocenters. The van der Waals surface area contributed by atoms with Crippen molar-refractivity contribution in [3.8, 4) is 0 Å². The fourth-order valence-corrected chi connectivity index (χ4v) is 6.57. The van der Waals surface area contributed by atoms with E-state index in [2.05, 4.69) is 49.5 Å². The number of Topliss-reactive ketones (excluding diaryl/α,β-unsaturated/α-hetero) is 1. The first kappa shape index (κ1) is 41.4. The van der Waals surface area contributed by atoms with E-state index in [1.54, 1.807) is 47.0 Å². The van der Waals surface area contributed by atoms with E-state index in [0.717, 1.165) is 84.8 Å². The van der Waals surface area contributed by atoms with Crippen molar-refractivity contribution in [1.82, 2.24) is 25.3 Å². The van der Waals surface area contributed by atoms with Crippen LogP contribution in [0, 0.1) is 11.8 Å². The largest absolute Gasteiger partial charge is 0.464 e. The highest BCUT2D eigenvalue weighted by Gasteiger charge is 2.32. The maximum absolute atomic E-state index is 12.1. The highest BCUT2D eigenvalue weighted by atomic mass is 16.6. The number of ketones is 1. The molecule has 2 aliphatic carbocycles. The van der Waals surface area contributed by atoms with Crippen LogP contribution in [-0.2, 0) is 41.4 Å². The number of amides is 1. The Morgan fingerprint density at radius 3 is 1.82 bits per heavy atom. The number of ether oxygens (including phenoxy) is 4. The Bertz CT molecular complexity index is 1960. The van der Waals surface area contributed by atoms with E-state index in [0.29, 0.717) is 17.4 Å². The molecule has 294 valence electrons. The van der Waals surface area contributed by atoms with E-state index >= 15 is 0 Å². The molecular weight excluding hydrogens is 699 g/mol. The molecule has 0 spiro atoms. The smallest absolute Gasteiger partial charge is 0.412 e. The highest BCUT2D eigenvalue weighted by molar-refractivity contribution is 5.93. The lowest BCUT2D eigenvalue weighted by atomic mass is 9.79. The van der Waals surface area contributed by atoms with Gasteiger partial charge in [-0.2, -0.15) is 0 Å². The summed E-state index contributed by atoms with van der Waals surface area (Å²) in [5, 5.41) is 4.63. The van der Waals surface area contributed by atoms with Gasteiger partial charge in [-0.15, -0.1) is 0 Å². The summed E-state index contributed by atoms with van der Waals surface area (Å²) in [5.74, 6) is 0.744. The van der Waals surface area contributed by atoms with Gasteiger partial charge in [-0.25, -0.2) is 29.5 Å². The normalized spacial score (nSPS) is 20.2. The van der Waals surface area contributed by atoms with Gasteiger partial charge in [0.15, 0.2) is 17.1 Å². The summed E-state index contributed by atoms with van der Waals surface area (Å²) < 4.78 is 21.7. The molecule has 4 heterocycles. The molecule has 55 heavy (non-hydrogen) atoms. The summed E-state index contributed by atoms with van der Waals surface area (Å²) >= 11 is 0. The van der Waals surface area contributed by atoms with Crippen LogP contribution in [0.5, 0.6) is 0 Å². The molecule has 2 aliphatic rings. The van der Waals surface area contributed by atoms with Crippen LogP contribution in [0.4, 0.5) is 4.79 Å². The Balaban J connectivity index is 0.000000228. The van der Waals surface area contributed by atoms with E-state index in [9.17, 15) is 14.4 Å². The van der Waals surface area contributed by atoms with E-state index in [4.69, 9.17) is 18.9 Å². The van der Waals surface area contributed by atoms with Crippen molar-refractivity contribution in [3.63, 3.8) is 0 Å². The maximum Gasteiger partial charge on any atom is 0.412 e. The maximum atomic E-state index is 12.1. The number of aryl methyl sites for hydroxylation is 2. The van der Waals surface area contributed by atoms with Crippen molar-refractivity contribution in [2.24, 2.45) is 11.8 Å². The van der Waals surface area contributed by atoms with Gasteiger partial charge >= 0.3 is 12.1 Å². The number of hydrogen-bond donors (Lipinski definition) is 1. The van der Waals surface area contributed by atoms with E-state index < -0.39 is 17.7 Å². The monoisotopic (exact) mass is 753 g/mol. The number of pyridine rings is 4. The number of esters is 1. The van der Waals surface area contributed by atoms with Crippen LogP contribution < -0.4 is 5.32 Å². The second kappa shape index (κ2) is 19.2. The van der Waals surface area contributed by atoms with Crippen molar-refractivity contribution in [1.29, 1.82) is 0 Å². The minimum absolute atomic E-state index is 0.0543. The molecule has 2 fully saturated rings. The molecule has 12 nitrogen and oxygen atoms in total. The van der Waals surface area contributed by atoms with Crippen molar-refractivity contribution < 1.29 is 33.3 Å². The fraction of sp³-hybridized carbons (Fsp3) is 0.512. The predicted molar refractivity (Wildman–Crippen MR) is 210 cm³/mol. The van der Waals surface area contributed by atoms with Gasteiger partial charge in [-0.1, -0.05) is 0 Å². The number of carbonyl (C=O) groups is 3. The molecule has 0 radical (unpaired) electrons. The van der Waals surface area contributed by atoms with Gasteiger partial charge < -0.3 is 18.9 Å². The second-order valence-corrected chi connectivity index (χ2v) is 15.7. The molecule has 1 amide bonds. The SMILES string of the molecule is CC(=O)C(C)OC1CC(CCc2ccc3cccnc3n2)C1.COC(=O)C(NC(=O)OC(C)(C)C)=C(C)COC1CC(CCc2ccc3cccnc3n2)C1. The number of rotatable bonds is 14. The lowest BCUT2D eigenvalue weighted by molar-refractivity contribution is -0.137. The molecule has 6 rings (SSSR count). The first-order chi connectivity index (χ1) is 26.3. The van der Waals surface area contributed by atoms with Crippen LogP contribution in [0.3, 0.4) is 0 Å². The van der Waals surface area contributed by atoms with E-state index in [1.807, 2.05) is 31.2 Å². The number of methoxy groups -OCH3 is 1. The molecule has 4 aromatic rings. The Morgan fingerprint density at radius 2 is 1.33 bits per heavy atom. The Hall–Kier alpha value is -4.81. The lowest BCUT2D eigenvalue weighted by Crippen LogP contribution is -2.36. The number of carbonyl (C=O) groups excluding carboxylic acids is 3. The fourth-order valence-electron chi connectivity index (χ4n) is 6.57. The van der Waals surface area contributed by atoms with Crippen molar-refractivity contribution in [2.75, 3.05) is 13.7 Å². The van der Waals surface area contributed by atoms with Crippen LogP contribution in [0.25, 0.3) is 22.1 Å². The molecule has 1 N–H and O–H groups in total. The molecular formula is C43H55N5O7. The van der Waals surface area contributed by atoms with Gasteiger partial charge in [-0.05, 0) is 159 Å². The second-order valence-electron chi connectivity index (χ2n) is 15.7. The van der Waals surface area contributed by atoms with E-state index in [-0.39, 0.29) is 36.4 Å². The average molecular weight is 754 g/mol. The molecule has 1 atom stereocenters. The number of nitrogens with one attached hydrogen (secondary N) is 1. The summed E-state index contributed by atoms with van der Waals surface area (Å²) in [6, 6.07) is 16.2. The summed E-state index contributed by atoms with van der Waals surface area (Å²) in [4.78, 5) is 53.2. The predicted octanol–water partition coefficient (Wildman–Crippen LogP) is 7.66. The summed E-state index contributed by atoms with van der Waals surface area (Å²) in [5.41, 5.74) is 3.74. The third-order valence-electron chi connectivity index (χ3n) is 9.99. The highest BCUT2D eigenvalue weighted by Crippen LogP contribution is 2.35. The summed E-state index contributed by atoms with van der Waals surface area (Å²) in [6.07, 6.45) is 11.1. The molecule has 2 saturated carbocycles. The van der Waals surface area contributed by atoms with Crippen molar-refractivity contribution >= 4 is 39.9 Å². The number of alkyl carbamates (subject to hydrolysis) is 1. The third-order valence-corrected chi connectivity index (χ3v) is 9.99. The Labute approximate surface area is 323 Å². The van der Waals surface area contributed by atoms with Gasteiger partial charge in [0.2, 0.25) is 0 Å². The zero-order valence-corrected chi connectivity index (χ0v) is 33.2. The Kier molecular flexibility index (Phi) is 14.4. The van der Waals surface area contributed by atoms with Crippen LogP contribution in [0.1, 0.15) is 91.5 Å². The minimum Gasteiger partial charge on any atom is -0.464 e. The van der Waals surface area contributed by atoms with E-state index in [1.165, 1.54) is 7.11 Å². The van der Waals surface area contributed by atoms with Crippen LogP contribution in [0.15, 0.2) is 72.2 Å². The van der Waals surface area contributed by atoms with Gasteiger partial charge in [-0.3, -0.25) is 10.1 Å². The summed E-state index contributed by atoms with van der Waals surface area (Å²) in [7, 11) is 1.27. The topological polar surface area (TPSA) is 152 Å². The minimum atomic E-state index is -0.705. The number of nitrogens with zero attached hydrogens (tertiary/aromatic N) is 4. The lowest BCUT2D eigenvalue weighted by Gasteiger charge is -2.36. The standard InChI is InChI=1S/C25H33N3O5.C18H22N2O2/c1-16(21(23(29)31-5)28-24(30)33-25(2,3)4)15-32-20-13-17(14-20)8-10-19-11-9-18-7-6-12-26-22(18)27-19;1-12(21)13(2)22-17-10-14(11-17)5-7-16-8-6-15-4-3-9-19-18(15)20-16/h6-7,9,11-12,17,20H,8,10,13-15H2,1-5H3,(H,28,30);3-4,6,8-9,13-14,17H,5,7,10-11H2,1-2H3. The van der Waals surface area contributed by atoms with Gasteiger partial charge in [0.1, 0.15) is 17.4 Å². The molecule has 4 aromatic heterocycles. The number of fused-ring (bicyclic) bond motifs is 2. The quantitative estimate of drug-likeness (QED) is 0.0998. The number of hydrogen-bond acceptors (Lipinski definition) is 11. The third kappa shape index (κ3) is 12.6. The first-order valence-corrected chi connectivity index (χ1v) is 19.2. The molecule has 0 saturated heterocycles. The van der Waals surface area contributed by atoms with Crippen LogP contribution in [0.2, 0.25) is 0 Å². The van der Waals surface area contributed by atoms with Gasteiger partial charge in [0, 0.05) is 34.6 Å². The first-order valence-electron chi connectivity index (χ1n) is 19.2. The molecule has 0 bridgehead atoms. The Morgan fingerprint density at radius 1 is 0.800 bits per heavy atom. The zero-order chi connectivity index (χ0) is 39.5. The van der Waals surface area contributed by atoms with Crippen LogP contribution in [-0.4, -0.2) is 75.4 Å². The van der Waals surface area contributed by atoms with Crippen molar-refractivity contribution in [2.45, 2.75) is 117 Å².